The third-order valence-corrected chi connectivity index (χ3v) is 5.12. The Hall–Kier alpha value is -3.18. The molecule has 0 aliphatic heterocycles. The molecular weight excluding hydrogens is 466 g/mol. The number of primary amides is 1. The molecule has 0 saturated heterocycles. The molecule has 0 bridgehead atoms. The fourth-order valence-electron chi connectivity index (χ4n) is 3.45. The van der Waals surface area contributed by atoms with Gasteiger partial charge in [0, 0.05) is 19.0 Å². The monoisotopic (exact) mass is 503 g/mol. The van der Waals surface area contributed by atoms with Gasteiger partial charge in [0.15, 0.2) is 0 Å². The highest BCUT2D eigenvalue weighted by Gasteiger charge is 2.26. The number of carbonyl (C=O) groups is 2. The Morgan fingerprint density at radius 3 is 2.19 bits per heavy atom. The van der Waals surface area contributed by atoms with Gasteiger partial charge in [-0.05, 0) is 50.5 Å². The first-order valence-corrected chi connectivity index (χ1v) is 11.7. The van der Waals surface area contributed by atoms with Gasteiger partial charge in [-0.15, -0.1) is 0 Å². The minimum atomic E-state index is -0.931. The molecule has 198 valence electrons. The molecule has 2 aromatic carbocycles. The molecule has 0 aliphatic rings. The van der Waals surface area contributed by atoms with Gasteiger partial charge in [-0.1, -0.05) is 42.5 Å². The third-order valence-electron chi connectivity index (χ3n) is 5.12. The summed E-state index contributed by atoms with van der Waals surface area (Å²) in [5.41, 5.74) is 18.3. The molecule has 10 nitrogen and oxygen atoms in total. The van der Waals surface area contributed by atoms with Crippen molar-refractivity contribution in [3.05, 3.63) is 65.7 Å². The van der Waals surface area contributed by atoms with Crippen LogP contribution in [-0.2, 0) is 20.6 Å². The molecule has 0 saturated carbocycles. The van der Waals surface area contributed by atoms with Crippen molar-refractivity contribution in [2.45, 2.75) is 63.6 Å². The van der Waals surface area contributed by atoms with E-state index in [9.17, 15) is 14.7 Å². The van der Waals surface area contributed by atoms with E-state index in [0.29, 0.717) is 12.2 Å². The topological polar surface area (TPSA) is 169 Å². The normalized spacial score (nSPS) is 14.8. The fourth-order valence-corrected chi connectivity index (χ4v) is 3.45. The van der Waals surface area contributed by atoms with Crippen molar-refractivity contribution in [3.8, 4) is 5.75 Å². The average Bonchev–Trinajstić information content (AvgIpc) is 2.78. The lowest BCUT2D eigenvalue weighted by Gasteiger charge is -2.27. The van der Waals surface area contributed by atoms with E-state index < -0.39 is 42.2 Å². The first kappa shape index (κ1) is 29.1. The highest BCUT2D eigenvalue weighted by molar-refractivity contribution is 5.65. The SMILES string of the molecule is CC(C)(C)OC(=O)Oc1ccc(C(N)CC(O)COC(CN)C(Cc2ccccc2)OC(N)=O)cc1. The molecule has 10 heteroatoms. The Morgan fingerprint density at radius 1 is 1.00 bits per heavy atom. The van der Waals surface area contributed by atoms with Crippen LogP contribution in [0.1, 0.15) is 44.4 Å². The molecule has 0 aromatic heterocycles. The van der Waals surface area contributed by atoms with Crippen LogP contribution in [0.25, 0.3) is 0 Å². The molecule has 4 atom stereocenters. The van der Waals surface area contributed by atoms with E-state index in [2.05, 4.69) is 0 Å². The van der Waals surface area contributed by atoms with Gasteiger partial charge in [-0.2, -0.15) is 0 Å². The van der Waals surface area contributed by atoms with Crippen molar-refractivity contribution in [2.24, 2.45) is 17.2 Å². The van der Waals surface area contributed by atoms with E-state index in [1.165, 1.54) is 0 Å². The highest BCUT2D eigenvalue weighted by Crippen LogP contribution is 2.21. The van der Waals surface area contributed by atoms with Crippen LogP contribution in [0.15, 0.2) is 54.6 Å². The van der Waals surface area contributed by atoms with Crippen molar-refractivity contribution in [1.82, 2.24) is 0 Å². The number of benzene rings is 2. The summed E-state index contributed by atoms with van der Waals surface area (Å²) in [6.45, 7) is 5.23. The van der Waals surface area contributed by atoms with Crippen LogP contribution < -0.4 is 21.9 Å². The zero-order chi connectivity index (χ0) is 26.7. The lowest BCUT2D eigenvalue weighted by Crippen LogP contribution is -2.43. The molecule has 4 unspecified atom stereocenters. The average molecular weight is 504 g/mol. The van der Waals surface area contributed by atoms with E-state index in [-0.39, 0.29) is 19.6 Å². The van der Waals surface area contributed by atoms with Gasteiger partial charge < -0.3 is 41.3 Å². The second kappa shape index (κ2) is 13.8. The van der Waals surface area contributed by atoms with Crippen LogP contribution in [0.2, 0.25) is 0 Å². The lowest BCUT2D eigenvalue weighted by atomic mass is 10.0. The van der Waals surface area contributed by atoms with Crippen molar-refractivity contribution < 1.29 is 33.6 Å². The number of carbonyl (C=O) groups excluding carboxylic acids is 2. The lowest BCUT2D eigenvalue weighted by molar-refractivity contribution is -0.0659. The maximum absolute atomic E-state index is 11.8. The Bertz CT molecular complexity index is 948. The van der Waals surface area contributed by atoms with E-state index in [1.807, 2.05) is 30.3 Å². The van der Waals surface area contributed by atoms with Gasteiger partial charge in [0.2, 0.25) is 0 Å². The predicted octanol–water partition coefficient (Wildman–Crippen LogP) is 2.80. The Labute approximate surface area is 211 Å². The first-order valence-electron chi connectivity index (χ1n) is 11.7. The fraction of sp³-hybridized carbons (Fsp3) is 0.462. The number of hydrogen-bond donors (Lipinski definition) is 4. The summed E-state index contributed by atoms with van der Waals surface area (Å²) >= 11 is 0. The highest BCUT2D eigenvalue weighted by atomic mass is 16.7. The number of aliphatic hydroxyl groups excluding tert-OH is 1. The molecule has 0 fully saturated rings. The molecule has 7 N–H and O–H groups in total. The van der Waals surface area contributed by atoms with Crippen molar-refractivity contribution in [2.75, 3.05) is 13.2 Å². The predicted molar refractivity (Wildman–Crippen MR) is 134 cm³/mol. The number of aliphatic hydroxyl groups is 1. The standard InChI is InChI=1S/C26H37N3O7/c1-26(2,3)36-25(32)34-20-11-9-18(10-12-20)21(28)14-19(30)16-33-23(15-27)22(35-24(29)31)13-17-7-5-4-6-8-17/h4-12,19,21-23,30H,13-16,27-28H2,1-3H3,(H2,29,31). The summed E-state index contributed by atoms with van der Waals surface area (Å²) in [6, 6.07) is 15.5. The van der Waals surface area contributed by atoms with E-state index in [4.69, 9.17) is 36.1 Å². The Morgan fingerprint density at radius 2 is 1.64 bits per heavy atom. The summed E-state index contributed by atoms with van der Waals surface area (Å²) in [4.78, 5) is 23.2. The second-order valence-corrected chi connectivity index (χ2v) is 9.40. The van der Waals surface area contributed by atoms with Crippen LogP contribution in [-0.4, -0.2) is 54.4 Å². The molecule has 2 rings (SSSR count). The second-order valence-electron chi connectivity index (χ2n) is 9.40. The summed E-state index contributed by atoms with van der Waals surface area (Å²) in [6.07, 6.45) is -3.46. The molecule has 0 spiro atoms. The summed E-state index contributed by atoms with van der Waals surface area (Å²) in [5, 5.41) is 10.5. The smallest absolute Gasteiger partial charge is 0.443 e. The zero-order valence-electron chi connectivity index (χ0n) is 21.0. The summed E-state index contributed by atoms with van der Waals surface area (Å²) < 4.78 is 21.3. The molecule has 0 radical (unpaired) electrons. The van der Waals surface area contributed by atoms with Gasteiger partial charge in [0.05, 0.1) is 12.7 Å². The van der Waals surface area contributed by atoms with Gasteiger partial charge >= 0.3 is 12.2 Å². The van der Waals surface area contributed by atoms with Gasteiger partial charge in [-0.25, -0.2) is 9.59 Å². The molecule has 36 heavy (non-hydrogen) atoms. The maximum atomic E-state index is 11.8. The van der Waals surface area contributed by atoms with Crippen LogP contribution in [0.4, 0.5) is 9.59 Å². The van der Waals surface area contributed by atoms with E-state index in [0.717, 1.165) is 11.1 Å². The summed E-state index contributed by atoms with van der Waals surface area (Å²) in [5.74, 6) is 0.314. The van der Waals surface area contributed by atoms with Crippen molar-refractivity contribution in [1.29, 1.82) is 0 Å². The van der Waals surface area contributed by atoms with Gasteiger partial charge in [0.25, 0.3) is 0 Å². The quantitative estimate of drug-likeness (QED) is 0.251. The minimum Gasteiger partial charge on any atom is -0.443 e. The van der Waals surface area contributed by atoms with Crippen LogP contribution in [0.3, 0.4) is 0 Å². The van der Waals surface area contributed by atoms with E-state index >= 15 is 0 Å². The molecule has 1 amide bonds. The number of nitrogens with two attached hydrogens (primary N) is 3. The van der Waals surface area contributed by atoms with Crippen molar-refractivity contribution >= 4 is 12.2 Å². The number of ether oxygens (including phenoxy) is 4. The molecule has 0 aliphatic carbocycles. The van der Waals surface area contributed by atoms with Gasteiger partial charge in [0.1, 0.15) is 23.6 Å². The molecular formula is C26H37N3O7. The number of amides is 1. The third kappa shape index (κ3) is 10.6. The maximum Gasteiger partial charge on any atom is 0.514 e. The first-order chi connectivity index (χ1) is 17.0. The van der Waals surface area contributed by atoms with Gasteiger partial charge in [-0.3, -0.25) is 0 Å². The zero-order valence-corrected chi connectivity index (χ0v) is 21.0. The Kier molecular flexibility index (Phi) is 11.1. The number of hydrogen-bond acceptors (Lipinski definition) is 9. The largest absolute Gasteiger partial charge is 0.514 e. The Balaban J connectivity index is 1.89. The van der Waals surface area contributed by atoms with E-state index in [1.54, 1.807) is 45.0 Å². The summed E-state index contributed by atoms with van der Waals surface area (Å²) in [7, 11) is 0. The van der Waals surface area contributed by atoms with Crippen LogP contribution >= 0.6 is 0 Å². The van der Waals surface area contributed by atoms with Crippen LogP contribution in [0, 0.1) is 0 Å². The minimum absolute atomic E-state index is 0.0582. The number of rotatable bonds is 12. The molecule has 2 aromatic rings. The van der Waals surface area contributed by atoms with Crippen molar-refractivity contribution in [3.63, 3.8) is 0 Å². The molecule has 0 heterocycles. The van der Waals surface area contributed by atoms with Crippen LogP contribution in [0.5, 0.6) is 5.75 Å².